The van der Waals surface area contributed by atoms with Gasteiger partial charge in [0.25, 0.3) is 0 Å². The van der Waals surface area contributed by atoms with Gasteiger partial charge in [-0.2, -0.15) is 4.31 Å². The number of aryl methyl sites for hydroxylation is 1. The number of carbonyl (C=O) groups excluding carboxylic acids is 1. The van der Waals surface area contributed by atoms with Gasteiger partial charge in [0.1, 0.15) is 5.52 Å². The van der Waals surface area contributed by atoms with E-state index in [9.17, 15) is 13.2 Å². The summed E-state index contributed by atoms with van der Waals surface area (Å²) in [6.07, 6.45) is 4.44. The van der Waals surface area contributed by atoms with Crippen LogP contribution in [-0.2, 0) is 27.9 Å². The predicted octanol–water partition coefficient (Wildman–Crippen LogP) is 1.71. The molecular weight excluding hydrogens is 404 g/mol. The molecule has 0 unspecified atom stereocenters. The molecule has 1 aliphatic rings. The summed E-state index contributed by atoms with van der Waals surface area (Å²) in [5.74, 6) is -0.0518. The minimum absolute atomic E-state index is 0.0518. The van der Waals surface area contributed by atoms with Gasteiger partial charge >= 0.3 is 0 Å². The quantitative estimate of drug-likeness (QED) is 0.585. The van der Waals surface area contributed by atoms with E-state index < -0.39 is 10.0 Å². The van der Waals surface area contributed by atoms with E-state index >= 15 is 0 Å². The van der Waals surface area contributed by atoms with Crippen molar-refractivity contribution < 1.29 is 13.2 Å². The minimum atomic E-state index is -3.48. The molecule has 1 aromatic carbocycles. The van der Waals surface area contributed by atoms with Crippen molar-refractivity contribution in [3.05, 3.63) is 48.3 Å². The zero-order valence-corrected chi connectivity index (χ0v) is 17.4. The van der Waals surface area contributed by atoms with Gasteiger partial charge in [-0.3, -0.25) is 9.78 Å². The van der Waals surface area contributed by atoms with Crippen LogP contribution in [0.4, 0.5) is 0 Å². The smallest absolute Gasteiger partial charge is 0.243 e. The Morgan fingerprint density at radius 3 is 2.73 bits per heavy atom. The maximum Gasteiger partial charge on any atom is 0.243 e. The van der Waals surface area contributed by atoms with E-state index in [4.69, 9.17) is 0 Å². The van der Waals surface area contributed by atoms with Crippen molar-refractivity contribution in [1.82, 2.24) is 29.6 Å². The van der Waals surface area contributed by atoms with Crippen LogP contribution in [0.15, 0.2) is 47.5 Å². The zero-order valence-electron chi connectivity index (χ0n) is 16.6. The molecule has 0 radical (unpaired) electrons. The van der Waals surface area contributed by atoms with Crippen LogP contribution in [0.1, 0.15) is 31.4 Å². The average Bonchev–Trinajstić information content (AvgIpc) is 3.43. The predicted molar refractivity (Wildman–Crippen MR) is 111 cm³/mol. The van der Waals surface area contributed by atoms with Crippen LogP contribution in [0.25, 0.3) is 11.0 Å². The average molecular weight is 429 g/mol. The Bertz CT molecular complexity index is 1120. The van der Waals surface area contributed by atoms with Crippen LogP contribution in [0.2, 0.25) is 0 Å². The fourth-order valence-corrected chi connectivity index (χ4v) is 5.06. The van der Waals surface area contributed by atoms with E-state index in [1.807, 2.05) is 18.2 Å². The summed E-state index contributed by atoms with van der Waals surface area (Å²) in [5.41, 5.74) is 2.10. The number of fused-ring (bicyclic) bond motifs is 1. The van der Waals surface area contributed by atoms with Crippen molar-refractivity contribution in [2.24, 2.45) is 0 Å². The summed E-state index contributed by atoms with van der Waals surface area (Å²) in [5, 5.41) is 11.1. The van der Waals surface area contributed by atoms with Gasteiger partial charge in [0, 0.05) is 32.3 Å². The highest BCUT2D eigenvalue weighted by Gasteiger charge is 2.27. The van der Waals surface area contributed by atoms with Gasteiger partial charge in [0.2, 0.25) is 15.9 Å². The number of aromatic nitrogens is 4. The van der Waals surface area contributed by atoms with Crippen LogP contribution in [-0.4, -0.2) is 51.7 Å². The number of sulfonamides is 1. The molecule has 3 aromatic rings. The lowest BCUT2D eigenvalue weighted by molar-refractivity contribution is -0.121. The third-order valence-corrected chi connectivity index (χ3v) is 7.05. The Labute approximate surface area is 175 Å². The van der Waals surface area contributed by atoms with Crippen LogP contribution in [0.3, 0.4) is 0 Å². The molecule has 0 aliphatic carbocycles. The van der Waals surface area contributed by atoms with Gasteiger partial charge in [-0.05, 0) is 49.6 Å². The van der Waals surface area contributed by atoms with Crippen molar-refractivity contribution in [1.29, 1.82) is 0 Å². The summed E-state index contributed by atoms with van der Waals surface area (Å²) in [7, 11) is -3.48. The highest BCUT2D eigenvalue weighted by atomic mass is 32.2. The molecule has 30 heavy (non-hydrogen) atoms. The van der Waals surface area contributed by atoms with E-state index in [-0.39, 0.29) is 10.8 Å². The van der Waals surface area contributed by atoms with E-state index in [2.05, 4.69) is 20.6 Å². The number of hydrogen-bond donors (Lipinski definition) is 1. The zero-order chi connectivity index (χ0) is 21.0. The first-order valence-electron chi connectivity index (χ1n) is 10.0. The van der Waals surface area contributed by atoms with Gasteiger partial charge in [-0.25, -0.2) is 13.1 Å². The lowest BCUT2D eigenvalue weighted by atomic mass is 10.2. The standard InChI is InChI=1S/C20H24N6O3S/c27-20(22-15-16-6-1-2-10-21-16)7-5-13-26-19-9-8-17(14-18(19)23-24-26)30(28,29)25-11-3-4-12-25/h1-2,6,8-10,14H,3-5,7,11-13,15H2,(H,22,27). The number of hydrogen-bond acceptors (Lipinski definition) is 6. The maximum absolute atomic E-state index is 12.7. The van der Waals surface area contributed by atoms with Crippen molar-refractivity contribution in [3.8, 4) is 0 Å². The third-order valence-electron chi connectivity index (χ3n) is 5.15. The van der Waals surface area contributed by atoms with Crippen LogP contribution >= 0.6 is 0 Å². The summed E-state index contributed by atoms with van der Waals surface area (Å²) >= 11 is 0. The summed E-state index contributed by atoms with van der Waals surface area (Å²) in [6, 6.07) is 10.5. The van der Waals surface area contributed by atoms with Crippen molar-refractivity contribution >= 4 is 27.0 Å². The van der Waals surface area contributed by atoms with Gasteiger partial charge in [0.15, 0.2) is 0 Å². The Morgan fingerprint density at radius 1 is 1.13 bits per heavy atom. The Balaban J connectivity index is 1.34. The van der Waals surface area contributed by atoms with Crippen molar-refractivity contribution in [2.45, 2.75) is 43.7 Å². The summed E-state index contributed by atoms with van der Waals surface area (Å²) in [6.45, 7) is 2.05. The molecule has 1 N–H and O–H groups in total. The molecule has 1 saturated heterocycles. The fourth-order valence-electron chi connectivity index (χ4n) is 3.52. The number of nitrogens with zero attached hydrogens (tertiary/aromatic N) is 5. The molecule has 158 valence electrons. The lowest BCUT2D eigenvalue weighted by Gasteiger charge is -2.15. The number of rotatable bonds is 8. The van der Waals surface area contributed by atoms with Crippen LogP contribution in [0, 0.1) is 0 Å². The second kappa shape index (κ2) is 8.88. The summed E-state index contributed by atoms with van der Waals surface area (Å²) < 4.78 is 28.7. The molecule has 0 bridgehead atoms. The van der Waals surface area contributed by atoms with Crippen LogP contribution < -0.4 is 5.32 Å². The first-order valence-corrected chi connectivity index (χ1v) is 11.5. The second-order valence-corrected chi connectivity index (χ2v) is 9.21. The molecule has 1 fully saturated rings. The van der Waals surface area contributed by atoms with Gasteiger partial charge in [0.05, 0.1) is 22.7 Å². The third kappa shape index (κ3) is 4.49. The highest BCUT2D eigenvalue weighted by molar-refractivity contribution is 7.89. The first-order chi connectivity index (χ1) is 14.5. The van der Waals surface area contributed by atoms with E-state index in [1.165, 1.54) is 4.31 Å². The molecule has 10 heteroatoms. The van der Waals surface area contributed by atoms with Gasteiger partial charge in [-0.15, -0.1) is 5.10 Å². The number of nitrogens with one attached hydrogen (secondary N) is 1. The number of carbonyl (C=O) groups is 1. The maximum atomic E-state index is 12.7. The summed E-state index contributed by atoms with van der Waals surface area (Å²) in [4.78, 5) is 16.5. The topological polar surface area (TPSA) is 110 Å². The normalized spacial score (nSPS) is 14.9. The van der Waals surface area contributed by atoms with Gasteiger partial charge in [-0.1, -0.05) is 11.3 Å². The van der Waals surface area contributed by atoms with Crippen molar-refractivity contribution in [3.63, 3.8) is 0 Å². The molecule has 0 saturated carbocycles. The molecular formula is C20H24N6O3S. The second-order valence-electron chi connectivity index (χ2n) is 7.28. The molecule has 3 heterocycles. The lowest BCUT2D eigenvalue weighted by Crippen LogP contribution is -2.27. The molecule has 9 nitrogen and oxygen atoms in total. The van der Waals surface area contributed by atoms with E-state index in [0.29, 0.717) is 44.5 Å². The molecule has 4 rings (SSSR count). The minimum Gasteiger partial charge on any atom is -0.350 e. The first kappa shape index (κ1) is 20.4. The molecule has 2 aromatic heterocycles. The molecule has 0 spiro atoms. The number of amides is 1. The molecule has 1 aliphatic heterocycles. The number of benzene rings is 1. The van der Waals surface area contributed by atoms with Gasteiger partial charge < -0.3 is 5.32 Å². The Hall–Kier alpha value is -2.85. The Morgan fingerprint density at radius 2 is 1.97 bits per heavy atom. The molecule has 0 atom stereocenters. The molecule has 1 amide bonds. The Kier molecular flexibility index (Phi) is 6.05. The van der Waals surface area contributed by atoms with E-state index in [0.717, 1.165) is 24.1 Å². The van der Waals surface area contributed by atoms with Crippen LogP contribution in [0.5, 0.6) is 0 Å². The van der Waals surface area contributed by atoms with Crippen molar-refractivity contribution in [2.75, 3.05) is 13.1 Å². The monoisotopic (exact) mass is 428 g/mol. The highest BCUT2D eigenvalue weighted by Crippen LogP contribution is 2.23. The van der Waals surface area contributed by atoms with E-state index in [1.54, 1.807) is 29.1 Å². The SMILES string of the molecule is O=C(CCCn1nnc2cc(S(=O)(=O)N3CCCC3)ccc21)NCc1ccccn1. The largest absolute Gasteiger partial charge is 0.350 e. The number of pyridine rings is 1. The fraction of sp³-hybridized carbons (Fsp3) is 0.400.